The number of hydrogen-bond acceptors (Lipinski definition) is 1. The first-order chi connectivity index (χ1) is 5.59. The van der Waals surface area contributed by atoms with Gasteiger partial charge in [0.1, 0.15) is 0 Å². The fourth-order valence-electron chi connectivity index (χ4n) is 1.16. The molecule has 0 fully saturated rings. The van der Waals surface area contributed by atoms with E-state index >= 15 is 0 Å². The van der Waals surface area contributed by atoms with Crippen LogP contribution in [0.15, 0.2) is 17.7 Å². The number of allylic oxidation sites excluding steroid dienone is 1. The third-order valence-electron chi connectivity index (χ3n) is 1.71. The number of pyridine rings is 1. The van der Waals surface area contributed by atoms with Crippen LogP contribution in [-0.2, 0) is 0 Å². The Morgan fingerprint density at radius 2 is 1.92 bits per heavy atom. The maximum absolute atomic E-state index is 4.38. The Kier molecular flexibility index (Phi) is 2.64. The summed E-state index contributed by atoms with van der Waals surface area (Å²) in [6.45, 7) is 8.25. The molecule has 0 saturated heterocycles. The lowest BCUT2D eigenvalue weighted by Crippen LogP contribution is -1.88. The van der Waals surface area contributed by atoms with Gasteiger partial charge < -0.3 is 0 Å². The predicted molar refractivity (Wildman–Crippen MR) is 53.0 cm³/mol. The van der Waals surface area contributed by atoms with E-state index in [1.807, 2.05) is 19.9 Å². The zero-order chi connectivity index (χ0) is 9.14. The van der Waals surface area contributed by atoms with Crippen LogP contribution in [0.3, 0.4) is 0 Å². The largest absolute Gasteiger partial charge is 0.258 e. The second-order valence-electron chi connectivity index (χ2n) is 3.35. The van der Waals surface area contributed by atoms with E-state index in [0.717, 1.165) is 11.4 Å². The Bertz CT molecular complexity index is 307. The van der Waals surface area contributed by atoms with Gasteiger partial charge in [-0.05, 0) is 39.3 Å². The van der Waals surface area contributed by atoms with Crippen molar-refractivity contribution in [1.29, 1.82) is 0 Å². The molecule has 0 unspecified atom stereocenters. The van der Waals surface area contributed by atoms with Crippen molar-refractivity contribution < 1.29 is 0 Å². The molecule has 0 atom stereocenters. The minimum absolute atomic E-state index is 1.08. The average Bonchev–Trinajstić information content (AvgIpc) is 1.94. The van der Waals surface area contributed by atoms with Gasteiger partial charge in [0.2, 0.25) is 0 Å². The molecule has 0 aliphatic heterocycles. The van der Waals surface area contributed by atoms with Gasteiger partial charge in [0.15, 0.2) is 0 Å². The highest BCUT2D eigenvalue weighted by Gasteiger charge is 1.95. The van der Waals surface area contributed by atoms with E-state index in [4.69, 9.17) is 0 Å². The van der Waals surface area contributed by atoms with E-state index in [9.17, 15) is 0 Å². The normalized spacial score (nSPS) is 9.67. The van der Waals surface area contributed by atoms with E-state index in [2.05, 4.69) is 31.0 Å². The van der Waals surface area contributed by atoms with Crippen molar-refractivity contribution in [3.63, 3.8) is 0 Å². The number of aromatic nitrogens is 1. The lowest BCUT2D eigenvalue weighted by atomic mass is 10.1. The SMILES string of the molecule is CC(C)=Cc1ccc(C)nc1C. The third kappa shape index (κ3) is 2.19. The van der Waals surface area contributed by atoms with Crippen LogP contribution in [0.2, 0.25) is 0 Å². The van der Waals surface area contributed by atoms with E-state index < -0.39 is 0 Å². The third-order valence-corrected chi connectivity index (χ3v) is 1.71. The van der Waals surface area contributed by atoms with Crippen LogP contribution in [0.1, 0.15) is 30.8 Å². The Morgan fingerprint density at radius 3 is 2.42 bits per heavy atom. The molecule has 0 spiro atoms. The topological polar surface area (TPSA) is 12.9 Å². The molecule has 1 aromatic heterocycles. The zero-order valence-corrected chi connectivity index (χ0v) is 8.18. The second-order valence-corrected chi connectivity index (χ2v) is 3.35. The predicted octanol–water partition coefficient (Wildman–Crippen LogP) is 3.12. The van der Waals surface area contributed by atoms with Gasteiger partial charge in [-0.15, -0.1) is 0 Å². The molecule has 0 saturated carbocycles. The summed E-state index contributed by atoms with van der Waals surface area (Å²) in [6, 6.07) is 4.16. The number of nitrogens with zero attached hydrogens (tertiary/aromatic N) is 1. The van der Waals surface area contributed by atoms with Gasteiger partial charge in [0, 0.05) is 11.4 Å². The summed E-state index contributed by atoms with van der Waals surface area (Å²) >= 11 is 0. The van der Waals surface area contributed by atoms with Crippen molar-refractivity contribution in [2.24, 2.45) is 0 Å². The molecule has 1 rings (SSSR count). The lowest BCUT2D eigenvalue weighted by Gasteiger charge is -2.01. The summed E-state index contributed by atoms with van der Waals surface area (Å²) in [5, 5.41) is 0. The standard InChI is InChI=1S/C11H15N/c1-8(2)7-11-6-5-9(3)12-10(11)4/h5-7H,1-4H3. The molecule has 0 aliphatic rings. The molecule has 0 aromatic carbocycles. The molecule has 0 N–H and O–H groups in total. The number of hydrogen-bond donors (Lipinski definition) is 0. The van der Waals surface area contributed by atoms with E-state index in [0.29, 0.717) is 0 Å². The van der Waals surface area contributed by atoms with Crippen LogP contribution in [0.5, 0.6) is 0 Å². The average molecular weight is 161 g/mol. The molecule has 0 aliphatic carbocycles. The minimum atomic E-state index is 1.08. The number of aryl methyl sites for hydroxylation is 2. The minimum Gasteiger partial charge on any atom is -0.258 e. The summed E-state index contributed by atoms with van der Waals surface area (Å²) in [5.41, 5.74) is 4.72. The van der Waals surface area contributed by atoms with E-state index in [1.165, 1.54) is 11.1 Å². The molecule has 1 nitrogen and oxygen atoms in total. The molecular formula is C11H15N. The van der Waals surface area contributed by atoms with Crippen LogP contribution in [0.25, 0.3) is 6.08 Å². The van der Waals surface area contributed by atoms with Crippen molar-refractivity contribution in [3.05, 3.63) is 34.7 Å². The van der Waals surface area contributed by atoms with Crippen LogP contribution in [-0.4, -0.2) is 4.98 Å². The monoisotopic (exact) mass is 161 g/mol. The summed E-state index contributed by atoms with van der Waals surface area (Å²) < 4.78 is 0. The molecule has 1 heterocycles. The molecule has 0 radical (unpaired) electrons. The summed E-state index contributed by atoms with van der Waals surface area (Å²) in [4.78, 5) is 4.38. The highest BCUT2D eigenvalue weighted by Crippen LogP contribution is 2.10. The smallest absolute Gasteiger partial charge is 0.0448 e. The Hall–Kier alpha value is -1.11. The van der Waals surface area contributed by atoms with E-state index in [1.54, 1.807) is 0 Å². The maximum atomic E-state index is 4.38. The van der Waals surface area contributed by atoms with Crippen molar-refractivity contribution in [2.45, 2.75) is 27.7 Å². The quantitative estimate of drug-likeness (QED) is 0.616. The Morgan fingerprint density at radius 1 is 1.25 bits per heavy atom. The summed E-state index contributed by atoms with van der Waals surface area (Å²) in [5.74, 6) is 0. The molecule has 0 amide bonds. The van der Waals surface area contributed by atoms with Gasteiger partial charge in [-0.1, -0.05) is 17.7 Å². The van der Waals surface area contributed by atoms with Crippen LogP contribution < -0.4 is 0 Å². The zero-order valence-electron chi connectivity index (χ0n) is 8.18. The first-order valence-electron chi connectivity index (χ1n) is 4.19. The van der Waals surface area contributed by atoms with Gasteiger partial charge in [0.05, 0.1) is 0 Å². The molecule has 64 valence electrons. The molecule has 0 bridgehead atoms. The number of rotatable bonds is 1. The summed E-state index contributed by atoms with van der Waals surface area (Å²) in [7, 11) is 0. The summed E-state index contributed by atoms with van der Waals surface area (Å²) in [6.07, 6.45) is 2.15. The van der Waals surface area contributed by atoms with Crippen molar-refractivity contribution in [2.75, 3.05) is 0 Å². The first kappa shape index (κ1) is 8.98. The highest BCUT2D eigenvalue weighted by molar-refractivity contribution is 5.53. The fourth-order valence-corrected chi connectivity index (χ4v) is 1.16. The lowest BCUT2D eigenvalue weighted by molar-refractivity contribution is 1.11. The highest BCUT2D eigenvalue weighted by atomic mass is 14.7. The second kappa shape index (κ2) is 3.53. The van der Waals surface area contributed by atoms with Crippen molar-refractivity contribution in [1.82, 2.24) is 4.98 Å². The first-order valence-corrected chi connectivity index (χ1v) is 4.19. The maximum Gasteiger partial charge on any atom is 0.0448 e. The Labute approximate surface area is 74.2 Å². The fraction of sp³-hybridized carbons (Fsp3) is 0.364. The van der Waals surface area contributed by atoms with Crippen molar-refractivity contribution in [3.8, 4) is 0 Å². The van der Waals surface area contributed by atoms with Crippen LogP contribution in [0, 0.1) is 13.8 Å². The van der Waals surface area contributed by atoms with E-state index in [-0.39, 0.29) is 0 Å². The molecule has 12 heavy (non-hydrogen) atoms. The Balaban J connectivity index is 3.10. The van der Waals surface area contributed by atoms with Gasteiger partial charge in [-0.3, -0.25) is 4.98 Å². The van der Waals surface area contributed by atoms with Crippen LogP contribution in [0.4, 0.5) is 0 Å². The van der Waals surface area contributed by atoms with Gasteiger partial charge in [0.25, 0.3) is 0 Å². The van der Waals surface area contributed by atoms with Gasteiger partial charge in [-0.2, -0.15) is 0 Å². The molecule has 1 aromatic rings. The van der Waals surface area contributed by atoms with Crippen LogP contribution >= 0.6 is 0 Å². The molecular weight excluding hydrogens is 146 g/mol. The van der Waals surface area contributed by atoms with Crippen molar-refractivity contribution >= 4 is 6.08 Å². The van der Waals surface area contributed by atoms with Gasteiger partial charge >= 0.3 is 0 Å². The van der Waals surface area contributed by atoms with Gasteiger partial charge in [-0.25, -0.2) is 0 Å². The molecule has 1 heteroatoms.